The Hall–Kier alpha value is -1.14. The molecule has 1 aromatic rings. The van der Waals surface area contributed by atoms with E-state index in [2.05, 4.69) is 28.1 Å². The summed E-state index contributed by atoms with van der Waals surface area (Å²) in [6.45, 7) is 6.35. The molecule has 0 saturated heterocycles. The lowest BCUT2D eigenvalue weighted by Crippen LogP contribution is -2.34. The summed E-state index contributed by atoms with van der Waals surface area (Å²) in [7, 11) is 1.68. The lowest BCUT2D eigenvalue weighted by molar-refractivity contribution is 0.414. The first-order valence-electron chi connectivity index (χ1n) is 6.82. The van der Waals surface area contributed by atoms with Crippen molar-refractivity contribution in [2.45, 2.75) is 6.54 Å². The standard InChI is InChI=1S/C14H26N4O/c1-19-14-4-2-13(3-5-14)12-18-11-10-17-9-8-16-7-6-15/h2-5,16-18H,6-12,15H2,1H3. The van der Waals surface area contributed by atoms with Crippen LogP contribution in [-0.2, 0) is 6.54 Å². The molecule has 0 unspecified atom stereocenters. The number of methoxy groups -OCH3 is 1. The van der Waals surface area contributed by atoms with Crippen LogP contribution in [0.2, 0.25) is 0 Å². The van der Waals surface area contributed by atoms with E-state index in [9.17, 15) is 0 Å². The first-order valence-corrected chi connectivity index (χ1v) is 6.82. The molecular formula is C14H26N4O. The summed E-state index contributed by atoms with van der Waals surface area (Å²) in [6, 6.07) is 8.13. The van der Waals surface area contributed by atoms with Crippen molar-refractivity contribution >= 4 is 0 Å². The van der Waals surface area contributed by atoms with E-state index in [1.807, 2.05) is 12.1 Å². The zero-order valence-corrected chi connectivity index (χ0v) is 11.7. The number of ether oxygens (including phenoxy) is 1. The van der Waals surface area contributed by atoms with Crippen molar-refractivity contribution in [3.05, 3.63) is 29.8 Å². The molecule has 1 aromatic carbocycles. The third-order valence-corrected chi connectivity index (χ3v) is 2.77. The average Bonchev–Trinajstić information content (AvgIpc) is 2.46. The van der Waals surface area contributed by atoms with Crippen molar-refractivity contribution in [1.82, 2.24) is 16.0 Å². The van der Waals surface area contributed by atoms with Crippen LogP contribution in [0.1, 0.15) is 5.56 Å². The smallest absolute Gasteiger partial charge is 0.118 e. The lowest BCUT2D eigenvalue weighted by atomic mass is 10.2. The fourth-order valence-corrected chi connectivity index (χ4v) is 1.68. The van der Waals surface area contributed by atoms with Gasteiger partial charge in [-0.25, -0.2) is 0 Å². The third-order valence-electron chi connectivity index (χ3n) is 2.77. The van der Waals surface area contributed by atoms with Gasteiger partial charge in [-0.05, 0) is 17.7 Å². The number of rotatable bonds is 11. The first kappa shape index (κ1) is 15.9. The molecule has 5 heteroatoms. The summed E-state index contributed by atoms with van der Waals surface area (Å²) in [5.41, 5.74) is 6.65. The Balaban J connectivity index is 1.95. The molecule has 0 aliphatic heterocycles. The van der Waals surface area contributed by atoms with Gasteiger partial charge in [0.2, 0.25) is 0 Å². The highest BCUT2D eigenvalue weighted by atomic mass is 16.5. The van der Waals surface area contributed by atoms with Crippen molar-refractivity contribution in [2.75, 3.05) is 46.4 Å². The van der Waals surface area contributed by atoms with Crippen molar-refractivity contribution in [1.29, 1.82) is 0 Å². The second kappa shape index (κ2) is 10.8. The summed E-state index contributed by atoms with van der Waals surface area (Å²) < 4.78 is 5.12. The molecule has 0 bridgehead atoms. The Kier molecular flexibility index (Phi) is 9.01. The van der Waals surface area contributed by atoms with Crippen molar-refractivity contribution in [3.8, 4) is 5.75 Å². The molecule has 0 aliphatic carbocycles. The Morgan fingerprint density at radius 3 is 2.05 bits per heavy atom. The molecule has 5 nitrogen and oxygen atoms in total. The summed E-state index contributed by atoms with van der Waals surface area (Å²) >= 11 is 0. The van der Waals surface area contributed by atoms with Gasteiger partial charge in [0, 0.05) is 45.8 Å². The minimum absolute atomic E-state index is 0.698. The zero-order valence-electron chi connectivity index (χ0n) is 11.7. The molecule has 0 aliphatic rings. The van der Waals surface area contributed by atoms with Gasteiger partial charge in [-0.1, -0.05) is 12.1 Å². The molecule has 1 rings (SSSR count). The van der Waals surface area contributed by atoms with E-state index in [-0.39, 0.29) is 0 Å². The number of benzene rings is 1. The molecule has 0 fully saturated rings. The molecular weight excluding hydrogens is 240 g/mol. The Labute approximate surface area is 115 Å². The maximum Gasteiger partial charge on any atom is 0.118 e. The Bertz CT molecular complexity index is 316. The van der Waals surface area contributed by atoms with E-state index in [0.717, 1.165) is 45.0 Å². The predicted octanol–water partition coefficient (Wildman–Crippen LogP) is -0.0773. The summed E-state index contributed by atoms with van der Waals surface area (Å²) in [5.74, 6) is 0.899. The molecule has 0 amide bonds. The fraction of sp³-hybridized carbons (Fsp3) is 0.571. The highest BCUT2D eigenvalue weighted by Gasteiger charge is 1.94. The average molecular weight is 266 g/mol. The van der Waals surface area contributed by atoms with Crippen LogP contribution in [-0.4, -0.2) is 46.4 Å². The maximum atomic E-state index is 5.38. The maximum absolute atomic E-state index is 5.38. The molecule has 0 saturated carbocycles. The van der Waals surface area contributed by atoms with Gasteiger partial charge in [-0.15, -0.1) is 0 Å². The van der Waals surface area contributed by atoms with Gasteiger partial charge in [-0.3, -0.25) is 0 Å². The predicted molar refractivity (Wildman–Crippen MR) is 79.5 cm³/mol. The van der Waals surface area contributed by atoms with Crippen LogP contribution in [0.5, 0.6) is 5.75 Å². The highest BCUT2D eigenvalue weighted by molar-refractivity contribution is 5.26. The molecule has 5 N–H and O–H groups in total. The third kappa shape index (κ3) is 7.79. The summed E-state index contributed by atoms with van der Waals surface area (Å²) in [6.07, 6.45) is 0. The Morgan fingerprint density at radius 1 is 0.895 bits per heavy atom. The Morgan fingerprint density at radius 2 is 1.47 bits per heavy atom. The molecule has 0 atom stereocenters. The van der Waals surface area contributed by atoms with Crippen LogP contribution >= 0.6 is 0 Å². The van der Waals surface area contributed by atoms with Crippen LogP contribution in [0, 0.1) is 0 Å². The normalized spacial score (nSPS) is 10.6. The summed E-state index contributed by atoms with van der Waals surface area (Å²) in [5, 5.41) is 10.0. The van der Waals surface area contributed by atoms with Crippen LogP contribution in [0.15, 0.2) is 24.3 Å². The molecule has 19 heavy (non-hydrogen) atoms. The van der Waals surface area contributed by atoms with Gasteiger partial charge in [-0.2, -0.15) is 0 Å². The van der Waals surface area contributed by atoms with Crippen LogP contribution < -0.4 is 26.4 Å². The van der Waals surface area contributed by atoms with Gasteiger partial charge < -0.3 is 26.4 Å². The second-order valence-corrected chi connectivity index (χ2v) is 4.31. The zero-order chi connectivity index (χ0) is 13.8. The quantitative estimate of drug-likeness (QED) is 0.422. The van der Waals surface area contributed by atoms with Crippen molar-refractivity contribution in [3.63, 3.8) is 0 Å². The lowest BCUT2D eigenvalue weighted by Gasteiger charge is -2.08. The first-order chi connectivity index (χ1) is 9.36. The monoisotopic (exact) mass is 266 g/mol. The number of nitrogens with two attached hydrogens (primary N) is 1. The van der Waals surface area contributed by atoms with E-state index in [0.29, 0.717) is 6.54 Å². The minimum Gasteiger partial charge on any atom is -0.497 e. The minimum atomic E-state index is 0.698. The van der Waals surface area contributed by atoms with Gasteiger partial charge in [0.25, 0.3) is 0 Å². The van der Waals surface area contributed by atoms with Crippen LogP contribution in [0.4, 0.5) is 0 Å². The number of nitrogens with one attached hydrogen (secondary N) is 3. The summed E-state index contributed by atoms with van der Waals surface area (Å²) in [4.78, 5) is 0. The number of hydrogen-bond acceptors (Lipinski definition) is 5. The van der Waals surface area contributed by atoms with Crippen molar-refractivity contribution < 1.29 is 4.74 Å². The topological polar surface area (TPSA) is 71.3 Å². The molecule has 0 radical (unpaired) electrons. The van der Waals surface area contributed by atoms with Gasteiger partial charge in [0.05, 0.1) is 7.11 Å². The molecule has 0 spiro atoms. The van der Waals surface area contributed by atoms with E-state index in [1.165, 1.54) is 5.56 Å². The van der Waals surface area contributed by atoms with E-state index >= 15 is 0 Å². The van der Waals surface area contributed by atoms with E-state index in [1.54, 1.807) is 7.11 Å². The van der Waals surface area contributed by atoms with Gasteiger partial charge >= 0.3 is 0 Å². The molecule has 108 valence electrons. The fourth-order valence-electron chi connectivity index (χ4n) is 1.68. The van der Waals surface area contributed by atoms with Gasteiger partial charge in [0.1, 0.15) is 5.75 Å². The van der Waals surface area contributed by atoms with Crippen molar-refractivity contribution in [2.24, 2.45) is 5.73 Å². The van der Waals surface area contributed by atoms with Crippen LogP contribution in [0.25, 0.3) is 0 Å². The van der Waals surface area contributed by atoms with Gasteiger partial charge in [0.15, 0.2) is 0 Å². The highest BCUT2D eigenvalue weighted by Crippen LogP contribution is 2.10. The molecule has 0 heterocycles. The molecule has 0 aromatic heterocycles. The van der Waals surface area contributed by atoms with Crippen LogP contribution in [0.3, 0.4) is 0 Å². The SMILES string of the molecule is COc1ccc(CNCCNCCNCCN)cc1. The second-order valence-electron chi connectivity index (χ2n) is 4.31. The largest absolute Gasteiger partial charge is 0.497 e. The number of hydrogen-bond donors (Lipinski definition) is 4. The van der Waals surface area contributed by atoms with E-state index in [4.69, 9.17) is 10.5 Å². The van der Waals surface area contributed by atoms with E-state index < -0.39 is 0 Å².